The first kappa shape index (κ1) is 12.9. The minimum atomic E-state index is -0.544. The zero-order valence-electron chi connectivity index (χ0n) is 9.41. The second-order valence-electron chi connectivity index (χ2n) is 3.40. The molecule has 7 heteroatoms. The van der Waals surface area contributed by atoms with E-state index in [2.05, 4.69) is 15.4 Å². The van der Waals surface area contributed by atoms with Gasteiger partial charge in [0.15, 0.2) is 5.69 Å². The van der Waals surface area contributed by atoms with Crippen LogP contribution in [0.5, 0.6) is 0 Å². The molecule has 0 aliphatic heterocycles. The third kappa shape index (κ3) is 2.63. The molecule has 1 heterocycles. The van der Waals surface area contributed by atoms with Crippen LogP contribution in [0.1, 0.15) is 17.4 Å². The van der Waals surface area contributed by atoms with Crippen molar-refractivity contribution in [2.75, 3.05) is 6.61 Å². The number of ether oxygens (including phenoxy) is 1. The number of carbonyl (C=O) groups is 1. The van der Waals surface area contributed by atoms with E-state index in [4.69, 9.17) is 27.9 Å². The molecule has 1 N–H and O–H groups in total. The van der Waals surface area contributed by atoms with Crippen LogP contribution in [0.15, 0.2) is 18.2 Å². The first-order valence-corrected chi connectivity index (χ1v) is 5.91. The van der Waals surface area contributed by atoms with E-state index < -0.39 is 5.97 Å². The summed E-state index contributed by atoms with van der Waals surface area (Å²) in [4.78, 5) is 11.7. The summed E-state index contributed by atoms with van der Waals surface area (Å²) in [5.74, 6) is -0.544. The van der Waals surface area contributed by atoms with Crippen LogP contribution in [0.3, 0.4) is 0 Å². The number of nitrogens with one attached hydrogen (secondary N) is 1. The van der Waals surface area contributed by atoms with Gasteiger partial charge in [-0.2, -0.15) is 10.3 Å². The molecule has 0 fully saturated rings. The van der Waals surface area contributed by atoms with Crippen molar-refractivity contribution < 1.29 is 9.53 Å². The monoisotopic (exact) mass is 285 g/mol. The van der Waals surface area contributed by atoms with E-state index in [0.717, 1.165) is 0 Å². The molecule has 2 aromatic rings. The second kappa shape index (κ2) is 5.37. The number of esters is 1. The van der Waals surface area contributed by atoms with Crippen molar-refractivity contribution in [3.05, 3.63) is 33.9 Å². The van der Waals surface area contributed by atoms with Gasteiger partial charge in [0.2, 0.25) is 0 Å². The van der Waals surface area contributed by atoms with Crippen molar-refractivity contribution in [2.24, 2.45) is 0 Å². The quantitative estimate of drug-likeness (QED) is 0.881. The molecule has 5 nitrogen and oxygen atoms in total. The van der Waals surface area contributed by atoms with Crippen LogP contribution in [0, 0.1) is 0 Å². The molecule has 0 amide bonds. The average molecular weight is 286 g/mol. The number of halogens is 2. The van der Waals surface area contributed by atoms with Crippen LogP contribution < -0.4 is 0 Å². The van der Waals surface area contributed by atoms with E-state index in [9.17, 15) is 4.79 Å². The molecule has 94 valence electrons. The van der Waals surface area contributed by atoms with Gasteiger partial charge in [-0.05, 0) is 25.1 Å². The number of rotatable bonds is 3. The number of H-pyrrole nitrogens is 1. The highest BCUT2D eigenvalue weighted by Gasteiger charge is 2.19. The fourth-order valence-corrected chi connectivity index (χ4v) is 1.99. The van der Waals surface area contributed by atoms with E-state index in [1.165, 1.54) is 0 Å². The predicted octanol–water partition coefficient (Wildman–Crippen LogP) is 2.96. The average Bonchev–Trinajstić information content (AvgIpc) is 2.76. The van der Waals surface area contributed by atoms with Crippen LogP contribution in [0.4, 0.5) is 0 Å². The number of aromatic amines is 1. The van der Waals surface area contributed by atoms with Gasteiger partial charge in [-0.1, -0.05) is 23.2 Å². The Balaban J connectivity index is 2.45. The largest absolute Gasteiger partial charge is 0.461 e. The van der Waals surface area contributed by atoms with Crippen LogP contribution in [0.2, 0.25) is 10.0 Å². The van der Waals surface area contributed by atoms with Crippen LogP contribution in [-0.4, -0.2) is 28.0 Å². The van der Waals surface area contributed by atoms with Crippen LogP contribution >= 0.6 is 23.2 Å². The van der Waals surface area contributed by atoms with Gasteiger partial charge in [-0.3, -0.25) is 0 Å². The number of carbonyl (C=O) groups excluding carboxylic acids is 1. The molecule has 0 spiro atoms. The summed E-state index contributed by atoms with van der Waals surface area (Å²) in [6.07, 6.45) is 0. The lowest BCUT2D eigenvalue weighted by Crippen LogP contribution is -2.06. The summed E-state index contributed by atoms with van der Waals surface area (Å²) in [7, 11) is 0. The molecule has 0 saturated carbocycles. The van der Waals surface area contributed by atoms with Crippen molar-refractivity contribution in [2.45, 2.75) is 6.92 Å². The number of hydrogen-bond donors (Lipinski definition) is 1. The SMILES string of the molecule is CCOC(=O)c1n[nH]nc1-c1cc(Cl)cc(Cl)c1. The minimum Gasteiger partial charge on any atom is -0.461 e. The zero-order valence-corrected chi connectivity index (χ0v) is 10.9. The standard InChI is InChI=1S/C11H9Cl2N3O2/c1-2-18-11(17)10-9(14-16-15-10)6-3-7(12)5-8(13)4-6/h3-5H,2H2,1H3,(H,14,15,16). The Morgan fingerprint density at radius 2 is 1.94 bits per heavy atom. The van der Waals surface area contributed by atoms with Crippen LogP contribution in [0.25, 0.3) is 11.3 Å². The first-order valence-electron chi connectivity index (χ1n) is 5.16. The zero-order chi connectivity index (χ0) is 13.1. The lowest BCUT2D eigenvalue weighted by molar-refractivity contribution is 0.0520. The van der Waals surface area contributed by atoms with E-state index in [1.54, 1.807) is 25.1 Å². The number of hydrogen-bond acceptors (Lipinski definition) is 4. The number of nitrogens with zero attached hydrogens (tertiary/aromatic N) is 2. The van der Waals surface area contributed by atoms with Crippen LogP contribution in [-0.2, 0) is 4.74 Å². The molecule has 0 aliphatic carbocycles. The molecule has 1 aromatic carbocycles. The molecule has 0 saturated heterocycles. The number of benzene rings is 1. The Hall–Kier alpha value is -1.59. The molecular weight excluding hydrogens is 277 g/mol. The van der Waals surface area contributed by atoms with Crippen molar-refractivity contribution in [3.63, 3.8) is 0 Å². The third-order valence-corrected chi connectivity index (χ3v) is 2.59. The highest BCUT2D eigenvalue weighted by molar-refractivity contribution is 6.35. The smallest absolute Gasteiger partial charge is 0.361 e. The predicted molar refractivity (Wildman–Crippen MR) is 67.8 cm³/mol. The Morgan fingerprint density at radius 3 is 2.56 bits per heavy atom. The van der Waals surface area contributed by atoms with Gasteiger partial charge in [0.1, 0.15) is 5.69 Å². The highest BCUT2D eigenvalue weighted by atomic mass is 35.5. The van der Waals surface area contributed by atoms with Crippen molar-refractivity contribution in [1.82, 2.24) is 15.4 Å². The van der Waals surface area contributed by atoms with E-state index in [-0.39, 0.29) is 12.3 Å². The van der Waals surface area contributed by atoms with Gasteiger partial charge >= 0.3 is 5.97 Å². The Bertz CT molecular complexity index is 563. The lowest BCUT2D eigenvalue weighted by atomic mass is 10.1. The molecule has 0 bridgehead atoms. The first-order chi connectivity index (χ1) is 8.61. The van der Waals surface area contributed by atoms with E-state index in [1.807, 2.05) is 0 Å². The van der Waals surface area contributed by atoms with Crippen molar-refractivity contribution >= 4 is 29.2 Å². The molecule has 2 rings (SSSR count). The van der Waals surface area contributed by atoms with Gasteiger partial charge in [-0.15, -0.1) is 5.10 Å². The van der Waals surface area contributed by atoms with Gasteiger partial charge < -0.3 is 4.74 Å². The molecule has 1 aromatic heterocycles. The highest BCUT2D eigenvalue weighted by Crippen LogP contribution is 2.27. The normalized spacial score (nSPS) is 10.4. The molecule has 18 heavy (non-hydrogen) atoms. The van der Waals surface area contributed by atoms with E-state index >= 15 is 0 Å². The fourth-order valence-electron chi connectivity index (χ4n) is 1.46. The molecule has 0 unspecified atom stereocenters. The number of aromatic nitrogens is 3. The second-order valence-corrected chi connectivity index (χ2v) is 4.27. The summed E-state index contributed by atoms with van der Waals surface area (Å²) >= 11 is 11.8. The lowest BCUT2D eigenvalue weighted by Gasteiger charge is -2.02. The third-order valence-electron chi connectivity index (χ3n) is 2.15. The minimum absolute atomic E-state index is 0.107. The maximum absolute atomic E-state index is 11.7. The van der Waals surface area contributed by atoms with Gasteiger partial charge in [-0.25, -0.2) is 4.79 Å². The maximum Gasteiger partial charge on any atom is 0.361 e. The molecular formula is C11H9Cl2N3O2. The summed E-state index contributed by atoms with van der Waals surface area (Å²) in [5.41, 5.74) is 1.07. The Kier molecular flexibility index (Phi) is 3.84. The van der Waals surface area contributed by atoms with Crippen molar-refractivity contribution in [3.8, 4) is 11.3 Å². The van der Waals surface area contributed by atoms with E-state index in [0.29, 0.717) is 21.3 Å². The molecule has 0 aliphatic rings. The summed E-state index contributed by atoms with van der Waals surface area (Å²) in [6.45, 7) is 1.98. The summed E-state index contributed by atoms with van der Waals surface area (Å²) in [6, 6.07) is 4.89. The Labute approximate surface area is 113 Å². The molecule has 0 atom stereocenters. The topological polar surface area (TPSA) is 67.9 Å². The van der Waals surface area contributed by atoms with Gasteiger partial charge in [0, 0.05) is 15.6 Å². The Morgan fingerprint density at radius 1 is 1.28 bits per heavy atom. The van der Waals surface area contributed by atoms with Gasteiger partial charge in [0.05, 0.1) is 6.61 Å². The maximum atomic E-state index is 11.7. The molecule has 0 radical (unpaired) electrons. The summed E-state index contributed by atoms with van der Waals surface area (Å²) in [5, 5.41) is 11.0. The fraction of sp³-hybridized carbons (Fsp3) is 0.182. The van der Waals surface area contributed by atoms with Gasteiger partial charge in [0.25, 0.3) is 0 Å². The summed E-state index contributed by atoms with van der Waals surface area (Å²) < 4.78 is 4.88. The van der Waals surface area contributed by atoms with Crippen molar-refractivity contribution in [1.29, 1.82) is 0 Å².